The third kappa shape index (κ3) is 3.69. The van der Waals surface area contributed by atoms with Crippen LogP contribution >= 0.6 is 12.2 Å². The standard InChI is InChI=1S/C25H29N5S/c1-28(2)18-12-14-19(15-13-18)29-17-7-11-22(29)24-23(21-10-5-6-16-26-21)27-25(31)30(24)20-8-3-4-9-20/h5-7,10-17,20,23-24H,3-4,8-9H2,1-2H3,(H,27,31)/t23-,24+/m0/s1. The summed E-state index contributed by atoms with van der Waals surface area (Å²) in [7, 11) is 4.14. The molecule has 2 fully saturated rings. The van der Waals surface area contributed by atoms with Gasteiger partial charge in [-0.1, -0.05) is 18.9 Å². The zero-order chi connectivity index (χ0) is 21.4. The van der Waals surface area contributed by atoms with Gasteiger partial charge in [0.05, 0.1) is 17.8 Å². The highest BCUT2D eigenvalue weighted by atomic mass is 32.1. The summed E-state index contributed by atoms with van der Waals surface area (Å²) in [5.74, 6) is 0. The molecule has 1 aromatic carbocycles. The van der Waals surface area contributed by atoms with Crippen molar-refractivity contribution in [1.29, 1.82) is 0 Å². The Morgan fingerprint density at radius 3 is 2.45 bits per heavy atom. The molecule has 0 amide bonds. The van der Waals surface area contributed by atoms with Crippen molar-refractivity contribution in [2.45, 2.75) is 43.8 Å². The number of benzene rings is 1. The second-order valence-corrected chi connectivity index (χ2v) is 9.07. The number of hydrogen-bond donors (Lipinski definition) is 1. The Morgan fingerprint density at radius 1 is 1.00 bits per heavy atom. The van der Waals surface area contributed by atoms with E-state index >= 15 is 0 Å². The third-order valence-electron chi connectivity index (χ3n) is 6.58. The van der Waals surface area contributed by atoms with E-state index in [1.54, 1.807) is 0 Å². The molecular formula is C25H29N5S. The Hall–Kier alpha value is -2.86. The van der Waals surface area contributed by atoms with Crippen LogP contribution in [0.4, 0.5) is 5.69 Å². The molecule has 6 heteroatoms. The third-order valence-corrected chi connectivity index (χ3v) is 6.91. The van der Waals surface area contributed by atoms with Crippen LogP contribution in [-0.4, -0.2) is 39.7 Å². The van der Waals surface area contributed by atoms with E-state index in [-0.39, 0.29) is 12.1 Å². The molecule has 160 valence electrons. The summed E-state index contributed by atoms with van der Waals surface area (Å²) in [5, 5.41) is 4.46. The molecule has 0 unspecified atom stereocenters. The quantitative estimate of drug-likeness (QED) is 0.584. The summed E-state index contributed by atoms with van der Waals surface area (Å²) in [6, 6.07) is 19.8. The van der Waals surface area contributed by atoms with Gasteiger partial charge in [0.2, 0.25) is 0 Å². The summed E-state index contributed by atoms with van der Waals surface area (Å²) in [6.45, 7) is 0. The van der Waals surface area contributed by atoms with Gasteiger partial charge in [0, 0.05) is 49.6 Å². The maximum atomic E-state index is 5.88. The number of anilines is 1. The van der Waals surface area contributed by atoms with Crippen molar-refractivity contribution in [3.63, 3.8) is 0 Å². The van der Waals surface area contributed by atoms with Gasteiger partial charge in [0.25, 0.3) is 0 Å². The van der Waals surface area contributed by atoms with Crippen LogP contribution in [0.2, 0.25) is 0 Å². The maximum absolute atomic E-state index is 5.88. The van der Waals surface area contributed by atoms with E-state index in [0.29, 0.717) is 6.04 Å². The Morgan fingerprint density at radius 2 is 1.77 bits per heavy atom. The fraction of sp³-hybridized carbons (Fsp3) is 0.360. The zero-order valence-electron chi connectivity index (χ0n) is 18.1. The lowest BCUT2D eigenvalue weighted by Gasteiger charge is -2.33. The van der Waals surface area contributed by atoms with Crippen LogP contribution < -0.4 is 10.2 Å². The lowest BCUT2D eigenvalue weighted by Crippen LogP contribution is -2.38. The number of pyridine rings is 1. The average Bonchev–Trinajstić information content (AvgIpc) is 3.54. The Labute approximate surface area is 189 Å². The number of hydrogen-bond acceptors (Lipinski definition) is 3. The van der Waals surface area contributed by atoms with Crippen molar-refractivity contribution in [3.8, 4) is 5.69 Å². The van der Waals surface area contributed by atoms with E-state index in [2.05, 4.69) is 93.5 Å². The SMILES string of the molecule is CN(C)c1ccc(-n2cccc2[C@@H]2[C@H](c3ccccn3)NC(=S)N2C2CCCC2)cc1. The molecule has 0 radical (unpaired) electrons. The van der Waals surface area contributed by atoms with Gasteiger partial charge in [-0.3, -0.25) is 4.98 Å². The number of rotatable bonds is 5. The molecule has 0 bridgehead atoms. The molecule has 0 spiro atoms. The smallest absolute Gasteiger partial charge is 0.170 e. The van der Waals surface area contributed by atoms with Crippen molar-refractivity contribution < 1.29 is 0 Å². The van der Waals surface area contributed by atoms with E-state index in [0.717, 1.165) is 16.5 Å². The van der Waals surface area contributed by atoms with Gasteiger partial charge >= 0.3 is 0 Å². The van der Waals surface area contributed by atoms with Gasteiger partial charge in [0.15, 0.2) is 5.11 Å². The summed E-state index contributed by atoms with van der Waals surface area (Å²) in [4.78, 5) is 9.27. The summed E-state index contributed by atoms with van der Waals surface area (Å²) in [6.07, 6.45) is 8.98. The van der Waals surface area contributed by atoms with Crippen molar-refractivity contribution in [2.75, 3.05) is 19.0 Å². The predicted molar refractivity (Wildman–Crippen MR) is 130 cm³/mol. The molecule has 2 aromatic heterocycles. The highest BCUT2D eigenvalue weighted by molar-refractivity contribution is 7.80. The molecule has 3 heterocycles. The van der Waals surface area contributed by atoms with Crippen LogP contribution in [0.15, 0.2) is 67.0 Å². The second-order valence-electron chi connectivity index (χ2n) is 8.69. The van der Waals surface area contributed by atoms with E-state index in [9.17, 15) is 0 Å². The molecule has 2 atom stereocenters. The summed E-state index contributed by atoms with van der Waals surface area (Å²) >= 11 is 5.88. The van der Waals surface area contributed by atoms with Crippen LogP contribution in [-0.2, 0) is 0 Å². The second kappa shape index (κ2) is 8.35. The zero-order valence-corrected chi connectivity index (χ0v) is 18.9. The number of aromatic nitrogens is 2. The van der Waals surface area contributed by atoms with Crippen molar-refractivity contribution in [3.05, 3.63) is 78.4 Å². The lowest BCUT2D eigenvalue weighted by molar-refractivity contribution is 0.239. The fourth-order valence-corrected chi connectivity index (χ4v) is 5.43. The molecular weight excluding hydrogens is 402 g/mol. The van der Waals surface area contributed by atoms with Crippen LogP contribution in [0.3, 0.4) is 0 Å². The van der Waals surface area contributed by atoms with Gasteiger partial charge in [-0.25, -0.2) is 0 Å². The molecule has 1 aliphatic carbocycles. The van der Waals surface area contributed by atoms with Crippen LogP contribution in [0.25, 0.3) is 5.69 Å². The predicted octanol–water partition coefficient (Wildman–Crippen LogP) is 4.85. The first-order valence-electron chi connectivity index (χ1n) is 11.1. The molecule has 3 aromatic rings. The maximum Gasteiger partial charge on any atom is 0.170 e. The van der Waals surface area contributed by atoms with E-state index in [4.69, 9.17) is 12.2 Å². The normalized spacial score (nSPS) is 21.5. The molecule has 1 aliphatic heterocycles. The number of nitrogens with zero attached hydrogens (tertiary/aromatic N) is 4. The van der Waals surface area contributed by atoms with Crippen LogP contribution in [0.1, 0.15) is 49.2 Å². The largest absolute Gasteiger partial charge is 0.378 e. The first-order valence-corrected chi connectivity index (χ1v) is 11.5. The molecule has 1 saturated heterocycles. The highest BCUT2D eigenvalue weighted by Gasteiger charge is 2.44. The summed E-state index contributed by atoms with van der Waals surface area (Å²) < 4.78 is 2.30. The Bertz CT molecular complexity index is 1040. The van der Waals surface area contributed by atoms with Gasteiger partial charge in [-0.15, -0.1) is 0 Å². The van der Waals surface area contributed by atoms with Crippen molar-refractivity contribution >= 4 is 23.0 Å². The average molecular weight is 432 g/mol. The van der Waals surface area contributed by atoms with Crippen molar-refractivity contribution in [2.24, 2.45) is 0 Å². The van der Waals surface area contributed by atoms with Gasteiger partial charge < -0.3 is 19.7 Å². The minimum absolute atomic E-state index is 0.0315. The number of nitrogens with one attached hydrogen (secondary N) is 1. The topological polar surface area (TPSA) is 36.3 Å². The molecule has 2 aliphatic rings. The van der Waals surface area contributed by atoms with E-state index in [1.807, 2.05) is 12.3 Å². The van der Waals surface area contributed by atoms with Crippen LogP contribution in [0, 0.1) is 0 Å². The molecule has 5 rings (SSSR count). The van der Waals surface area contributed by atoms with Crippen LogP contribution in [0.5, 0.6) is 0 Å². The van der Waals surface area contributed by atoms with Gasteiger partial charge in [-0.2, -0.15) is 0 Å². The highest BCUT2D eigenvalue weighted by Crippen LogP contribution is 2.43. The Balaban J connectivity index is 1.58. The molecule has 5 nitrogen and oxygen atoms in total. The van der Waals surface area contributed by atoms with Gasteiger partial charge in [0.1, 0.15) is 0 Å². The fourth-order valence-electron chi connectivity index (χ4n) is 5.04. The van der Waals surface area contributed by atoms with E-state index < -0.39 is 0 Å². The van der Waals surface area contributed by atoms with Gasteiger partial charge in [-0.05, 0) is 73.6 Å². The molecule has 1 saturated carbocycles. The minimum Gasteiger partial charge on any atom is -0.378 e. The monoisotopic (exact) mass is 431 g/mol. The van der Waals surface area contributed by atoms with E-state index in [1.165, 1.54) is 37.1 Å². The Kier molecular flexibility index (Phi) is 5.40. The number of thiocarbonyl (C=S) groups is 1. The first kappa shape index (κ1) is 20.1. The minimum atomic E-state index is 0.0315. The molecule has 1 N–H and O–H groups in total. The first-order chi connectivity index (χ1) is 15.1. The van der Waals surface area contributed by atoms with Crippen molar-refractivity contribution in [1.82, 2.24) is 19.8 Å². The summed E-state index contributed by atoms with van der Waals surface area (Å²) in [5.41, 5.74) is 4.63. The lowest BCUT2D eigenvalue weighted by atomic mass is 9.99. The molecule has 31 heavy (non-hydrogen) atoms.